The molecule has 1 aromatic carbocycles. The summed E-state index contributed by atoms with van der Waals surface area (Å²) in [6, 6.07) is 9.20. The number of para-hydroxylation sites is 1. The predicted molar refractivity (Wildman–Crippen MR) is 54.2 cm³/mol. The van der Waals surface area contributed by atoms with Crippen LogP contribution in [0.4, 0.5) is 0 Å². The third kappa shape index (κ3) is 3.36. The molecule has 78 valence electrons. The molecule has 0 aliphatic rings. The third-order valence-electron chi connectivity index (χ3n) is 1.97. The van der Waals surface area contributed by atoms with Crippen molar-refractivity contribution >= 4 is 0 Å². The van der Waals surface area contributed by atoms with Gasteiger partial charge in [0.2, 0.25) is 0 Å². The second kappa shape index (κ2) is 4.44. The molecule has 1 atom stereocenters. The van der Waals surface area contributed by atoms with Crippen LogP contribution < -0.4 is 4.74 Å². The van der Waals surface area contributed by atoms with Crippen LogP contribution in [0, 0.1) is 0 Å². The average molecular weight is 196 g/mol. The Morgan fingerprint density at radius 1 is 1.29 bits per heavy atom. The van der Waals surface area contributed by atoms with Crippen molar-refractivity contribution in [2.45, 2.75) is 25.6 Å². The van der Waals surface area contributed by atoms with Gasteiger partial charge in [-0.05, 0) is 26.0 Å². The minimum atomic E-state index is -1.13. The molecule has 0 unspecified atom stereocenters. The van der Waals surface area contributed by atoms with Crippen molar-refractivity contribution in [1.82, 2.24) is 0 Å². The van der Waals surface area contributed by atoms with Crippen LogP contribution in [0.3, 0.4) is 0 Å². The highest BCUT2D eigenvalue weighted by Crippen LogP contribution is 2.12. The van der Waals surface area contributed by atoms with E-state index in [1.807, 2.05) is 18.2 Å². The fourth-order valence-electron chi connectivity index (χ4n) is 0.896. The van der Waals surface area contributed by atoms with Gasteiger partial charge in [-0.2, -0.15) is 0 Å². The molecule has 0 aliphatic heterocycles. The van der Waals surface area contributed by atoms with Gasteiger partial charge in [0.15, 0.2) is 0 Å². The van der Waals surface area contributed by atoms with E-state index in [2.05, 4.69) is 0 Å². The summed E-state index contributed by atoms with van der Waals surface area (Å²) in [6.07, 6.45) is -0.886. The van der Waals surface area contributed by atoms with E-state index in [9.17, 15) is 10.2 Å². The minimum absolute atomic E-state index is 0.0908. The number of ether oxygens (including phenoxy) is 1. The van der Waals surface area contributed by atoms with Crippen LogP contribution in [0.25, 0.3) is 0 Å². The van der Waals surface area contributed by atoms with Gasteiger partial charge in [-0.25, -0.2) is 0 Å². The summed E-state index contributed by atoms with van der Waals surface area (Å²) < 4.78 is 5.28. The Morgan fingerprint density at radius 3 is 2.36 bits per heavy atom. The Labute approximate surface area is 84.0 Å². The number of aliphatic hydroxyl groups is 2. The minimum Gasteiger partial charge on any atom is -0.491 e. The fourth-order valence-corrected chi connectivity index (χ4v) is 0.896. The number of hydrogen-bond donors (Lipinski definition) is 2. The van der Waals surface area contributed by atoms with E-state index in [4.69, 9.17) is 4.74 Å². The van der Waals surface area contributed by atoms with E-state index in [-0.39, 0.29) is 6.61 Å². The van der Waals surface area contributed by atoms with Crippen molar-refractivity contribution in [2.75, 3.05) is 6.61 Å². The second-order valence-electron chi connectivity index (χ2n) is 3.79. The molecule has 0 fully saturated rings. The first kappa shape index (κ1) is 11.0. The zero-order valence-corrected chi connectivity index (χ0v) is 8.47. The molecular formula is C11H16O3. The zero-order valence-electron chi connectivity index (χ0n) is 8.47. The van der Waals surface area contributed by atoms with Crippen molar-refractivity contribution < 1.29 is 14.9 Å². The molecule has 3 nitrogen and oxygen atoms in total. The molecule has 1 rings (SSSR count). The molecule has 0 aromatic heterocycles. The van der Waals surface area contributed by atoms with Crippen LogP contribution in [0.15, 0.2) is 30.3 Å². The van der Waals surface area contributed by atoms with E-state index < -0.39 is 11.7 Å². The molecule has 14 heavy (non-hydrogen) atoms. The summed E-state index contributed by atoms with van der Waals surface area (Å²) in [5.74, 6) is 0.691. The molecule has 1 aromatic rings. The molecule has 0 saturated carbocycles. The first-order valence-electron chi connectivity index (χ1n) is 4.58. The van der Waals surface area contributed by atoms with Gasteiger partial charge in [0.05, 0.1) is 5.60 Å². The van der Waals surface area contributed by atoms with Gasteiger partial charge in [0, 0.05) is 0 Å². The molecule has 2 N–H and O–H groups in total. The Morgan fingerprint density at radius 2 is 1.86 bits per heavy atom. The summed E-state index contributed by atoms with van der Waals surface area (Å²) in [4.78, 5) is 0. The van der Waals surface area contributed by atoms with Crippen molar-refractivity contribution in [3.8, 4) is 5.75 Å². The standard InChI is InChI=1S/C11H16O3/c1-11(2,13)10(12)8-14-9-6-4-3-5-7-9/h3-7,10,12-13H,8H2,1-2H3/t10-/m1/s1. The molecular weight excluding hydrogens is 180 g/mol. The smallest absolute Gasteiger partial charge is 0.119 e. The number of hydrogen-bond acceptors (Lipinski definition) is 3. The lowest BCUT2D eigenvalue weighted by atomic mass is 10.0. The summed E-state index contributed by atoms with van der Waals surface area (Å²) in [5.41, 5.74) is -1.13. The number of aliphatic hydroxyl groups excluding tert-OH is 1. The Bertz CT molecular complexity index is 264. The van der Waals surface area contributed by atoms with Crippen molar-refractivity contribution in [2.24, 2.45) is 0 Å². The molecule has 0 aliphatic carbocycles. The summed E-state index contributed by atoms with van der Waals surface area (Å²) >= 11 is 0. The monoisotopic (exact) mass is 196 g/mol. The lowest BCUT2D eigenvalue weighted by molar-refractivity contribution is -0.0661. The molecule has 0 spiro atoms. The Kier molecular flexibility index (Phi) is 3.49. The lowest BCUT2D eigenvalue weighted by Gasteiger charge is -2.24. The van der Waals surface area contributed by atoms with Crippen molar-refractivity contribution in [3.05, 3.63) is 30.3 Å². The summed E-state index contributed by atoms with van der Waals surface area (Å²) in [5, 5.41) is 18.9. The average Bonchev–Trinajstić information content (AvgIpc) is 2.14. The Balaban J connectivity index is 2.42. The van der Waals surface area contributed by atoms with Crippen LogP contribution in [-0.2, 0) is 0 Å². The van der Waals surface area contributed by atoms with Gasteiger partial charge >= 0.3 is 0 Å². The quantitative estimate of drug-likeness (QED) is 0.760. The first-order chi connectivity index (χ1) is 6.50. The number of benzene rings is 1. The maximum atomic E-state index is 9.47. The summed E-state index contributed by atoms with van der Waals surface area (Å²) in [6.45, 7) is 3.19. The normalized spacial score (nSPS) is 13.7. The second-order valence-corrected chi connectivity index (χ2v) is 3.79. The highest BCUT2D eigenvalue weighted by Gasteiger charge is 2.24. The molecule has 0 bridgehead atoms. The predicted octanol–water partition coefficient (Wildman–Crippen LogP) is 1.20. The largest absolute Gasteiger partial charge is 0.491 e. The summed E-state index contributed by atoms with van der Waals surface area (Å²) in [7, 11) is 0. The van der Waals surface area contributed by atoms with Gasteiger partial charge in [-0.15, -0.1) is 0 Å². The van der Waals surface area contributed by atoms with Gasteiger partial charge in [-0.3, -0.25) is 0 Å². The van der Waals surface area contributed by atoms with E-state index >= 15 is 0 Å². The first-order valence-corrected chi connectivity index (χ1v) is 4.58. The van der Waals surface area contributed by atoms with Crippen LogP contribution in [-0.4, -0.2) is 28.5 Å². The zero-order chi connectivity index (χ0) is 10.6. The van der Waals surface area contributed by atoms with E-state index in [1.54, 1.807) is 26.0 Å². The third-order valence-corrected chi connectivity index (χ3v) is 1.97. The molecule has 0 heterocycles. The van der Waals surface area contributed by atoms with Crippen LogP contribution in [0.2, 0.25) is 0 Å². The van der Waals surface area contributed by atoms with Gasteiger partial charge < -0.3 is 14.9 Å². The van der Waals surface area contributed by atoms with Crippen molar-refractivity contribution in [3.63, 3.8) is 0 Å². The van der Waals surface area contributed by atoms with Crippen molar-refractivity contribution in [1.29, 1.82) is 0 Å². The van der Waals surface area contributed by atoms with Gasteiger partial charge in [0.1, 0.15) is 18.5 Å². The van der Waals surface area contributed by atoms with E-state index in [0.29, 0.717) is 5.75 Å². The van der Waals surface area contributed by atoms with Gasteiger partial charge in [-0.1, -0.05) is 18.2 Å². The topological polar surface area (TPSA) is 49.7 Å². The molecule has 0 radical (unpaired) electrons. The highest BCUT2D eigenvalue weighted by atomic mass is 16.5. The fraction of sp³-hybridized carbons (Fsp3) is 0.455. The van der Waals surface area contributed by atoms with Crippen LogP contribution >= 0.6 is 0 Å². The Hall–Kier alpha value is -1.06. The van der Waals surface area contributed by atoms with E-state index in [1.165, 1.54) is 0 Å². The molecule has 0 saturated heterocycles. The molecule has 0 amide bonds. The SMILES string of the molecule is CC(C)(O)[C@H](O)COc1ccccc1. The number of rotatable bonds is 4. The van der Waals surface area contributed by atoms with Crippen LogP contribution in [0.1, 0.15) is 13.8 Å². The molecule has 3 heteroatoms. The maximum absolute atomic E-state index is 9.47. The maximum Gasteiger partial charge on any atom is 0.119 e. The van der Waals surface area contributed by atoms with E-state index in [0.717, 1.165) is 0 Å². The van der Waals surface area contributed by atoms with Crippen LogP contribution in [0.5, 0.6) is 5.75 Å². The van der Waals surface area contributed by atoms with Gasteiger partial charge in [0.25, 0.3) is 0 Å². The lowest BCUT2D eigenvalue weighted by Crippen LogP contribution is -2.40. The highest BCUT2D eigenvalue weighted by molar-refractivity contribution is 5.20.